The van der Waals surface area contributed by atoms with Gasteiger partial charge in [0.15, 0.2) is 8.32 Å². The van der Waals surface area contributed by atoms with E-state index in [0.29, 0.717) is 6.42 Å². The van der Waals surface area contributed by atoms with Crippen LogP contribution in [-0.2, 0) is 25.1 Å². The molecule has 5 nitrogen and oxygen atoms in total. The van der Waals surface area contributed by atoms with Crippen LogP contribution in [0.25, 0.3) is 0 Å². The van der Waals surface area contributed by atoms with E-state index < -0.39 is 18.4 Å². The maximum Gasteiger partial charge on any atom is 0.296 e. The topological polar surface area (TPSA) is 65.5 Å². The van der Waals surface area contributed by atoms with Crippen molar-refractivity contribution in [2.24, 2.45) is 5.92 Å². The summed E-state index contributed by atoms with van der Waals surface area (Å²) < 4.78 is 37.4. The number of hydrogen-bond donors (Lipinski definition) is 0. The first-order valence-corrected chi connectivity index (χ1v) is 14.8. The van der Waals surface area contributed by atoms with Crippen LogP contribution in [0.5, 0.6) is 0 Å². The van der Waals surface area contributed by atoms with Crippen LogP contribution < -0.4 is 0 Å². The number of fused-ring (bicyclic) bond motifs is 1. The molecule has 0 aliphatic heterocycles. The van der Waals surface area contributed by atoms with Crippen LogP contribution in [0.4, 0.5) is 0 Å². The Balaban J connectivity index is 1.76. The molecule has 2 atom stereocenters. The van der Waals surface area contributed by atoms with Crippen molar-refractivity contribution in [3.8, 4) is 0 Å². The summed E-state index contributed by atoms with van der Waals surface area (Å²) in [6.07, 6.45) is 3.12. The minimum atomic E-state index is -3.78. The molecule has 0 amide bonds. The van der Waals surface area contributed by atoms with Gasteiger partial charge in [-0.1, -0.05) is 44.5 Å². The maximum atomic E-state index is 12.6. The number of nitrogens with zero attached hydrogens (tertiary/aromatic N) is 1. The average Bonchev–Trinajstić information content (AvgIpc) is 2.66. The van der Waals surface area contributed by atoms with E-state index in [0.717, 1.165) is 23.2 Å². The van der Waals surface area contributed by atoms with Crippen LogP contribution in [0.1, 0.15) is 50.1 Å². The highest BCUT2D eigenvalue weighted by Gasteiger charge is 2.41. The van der Waals surface area contributed by atoms with Gasteiger partial charge in [0.2, 0.25) is 0 Å². The number of pyridine rings is 1. The van der Waals surface area contributed by atoms with Crippen LogP contribution in [0.3, 0.4) is 0 Å². The van der Waals surface area contributed by atoms with Gasteiger partial charge in [-0.3, -0.25) is 9.17 Å². The molecular formula is C23H33NO4SSi. The number of aryl methyl sites for hydroxylation is 1. The second-order valence-corrected chi connectivity index (χ2v) is 16.1. The average molecular weight is 448 g/mol. The Labute approximate surface area is 182 Å². The van der Waals surface area contributed by atoms with Gasteiger partial charge < -0.3 is 4.43 Å². The van der Waals surface area contributed by atoms with Crippen molar-refractivity contribution < 1.29 is 17.0 Å². The molecule has 7 heteroatoms. The molecule has 164 valence electrons. The molecule has 30 heavy (non-hydrogen) atoms. The highest BCUT2D eigenvalue weighted by atomic mass is 32.2. The highest BCUT2D eigenvalue weighted by Crippen LogP contribution is 2.43. The summed E-state index contributed by atoms with van der Waals surface area (Å²) in [7, 11) is -5.78. The summed E-state index contributed by atoms with van der Waals surface area (Å²) in [6, 6.07) is 10.7. The number of hydrogen-bond acceptors (Lipinski definition) is 5. The molecule has 0 bridgehead atoms. The molecule has 1 aliphatic rings. The fraction of sp³-hybridized carbons (Fsp3) is 0.522. The first-order valence-electron chi connectivity index (χ1n) is 10.5. The maximum absolute atomic E-state index is 12.6. The standard InChI is InChI=1S/C23H33NO4SSi/c1-17-9-11-20(12-10-17)29(25,26)27-16-18-14-19-8-7-13-24-22(19)21(15-18)28-30(5,6)23(2,3)4/h7-13,18,21H,14-16H2,1-6H3/t18-,21-/m1/s1. The van der Waals surface area contributed by atoms with Crippen LogP contribution in [-0.4, -0.2) is 28.3 Å². The van der Waals surface area contributed by atoms with E-state index in [1.165, 1.54) is 0 Å². The third-order valence-electron chi connectivity index (χ3n) is 6.30. The van der Waals surface area contributed by atoms with E-state index in [4.69, 9.17) is 8.61 Å². The molecule has 0 spiro atoms. The first kappa shape index (κ1) is 23.1. The van der Waals surface area contributed by atoms with Gasteiger partial charge in [0.1, 0.15) is 0 Å². The van der Waals surface area contributed by atoms with Gasteiger partial charge >= 0.3 is 0 Å². The molecule has 1 aromatic heterocycles. The molecule has 1 aliphatic carbocycles. The minimum absolute atomic E-state index is 0.0525. The summed E-state index contributed by atoms with van der Waals surface area (Å²) in [5, 5.41) is 0.0835. The third-order valence-corrected chi connectivity index (χ3v) is 12.1. The highest BCUT2D eigenvalue weighted by molar-refractivity contribution is 7.86. The van der Waals surface area contributed by atoms with Gasteiger partial charge in [-0.15, -0.1) is 0 Å². The lowest BCUT2D eigenvalue weighted by atomic mass is 9.85. The largest absolute Gasteiger partial charge is 0.408 e. The van der Waals surface area contributed by atoms with E-state index in [9.17, 15) is 8.42 Å². The van der Waals surface area contributed by atoms with Crippen LogP contribution in [0.2, 0.25) is 18.1 Å². The Morgan fingerprint density at radius 1 is 1.13 bits per heavy atom. The molecule has 0 saturated heterocycles. The normalized spacial score (nSPS) is 20.1. The monoisotopic (exact) mass is 447 g/mol. The molecule has 1 aromatic carbocycles. The van der Waals surface area contributed by atoms with Crippen molar-refractivity contribution >= 4 is 18.4 Å². The summed E-state index contributed by atoms with van der Waals surface area (Å²) in [4.78, 5) is 4.80. The Morgan fingerprint density at radius 3 is 2.43 bits per heavy atom. The SMILES string of the molecule is Cc1ccc(S(=O)(=O)OC[C@@H]2Cc3cccnc3[C@H](O[Si](C)(C)C(C)(C)C)C2)cc1. The van der Waals surface area contributed by atoms with Gasteiger partial charge in [-0.25, -0.2) is 0 Å². The fourth-order valence-corrected chi connectivity index (χ4v) is 5.69. The Bertz CT molecular complexity index is 981. The quantitative estimate of drug-likeness (QED) is 0.437. The van der Waals surface area contributed by atoms with Crippen molar-refractivity contribution in [3.63, 3.8) is 0 Å². The molecule has 0 radical (unpaired) electrons. The zero-order chi connectivity index (χ0) is 22.2. The second kappa shape index (κ2) is 8.53. The number of benzene rings is 1. The zero-order valence-corrected chi connectivity index (χ0v) is 20.6. The predicted molar refractivity (Wildman–Crippen MR) is 121 cm³/mol. The fourth-order valence-electron chi connectivity index (χ4n) is 3.44. The van der Waals surface area contributed by atoms with E-state index in [1.807, 2.05) is 13.0 Å². The molecule has 2 aromatic rings. The van der Waals surface area contributed by atoms with Gasteiger partial charge in [0, 0.05) is 6.20 Å². The molecule has 1 heterocycles. The summed E-state index contributed by atoms with van der Waals surface area (Å²) in [5.74, 6) is 0.0525. The Kier molecular flexibility index (Phi) is 6.58. The van der Waals surface area contributed by atoms with Crippen LogP contribution in [0.15, 0.2) is 47.5 Å². The lowest BCUT2D eigenvalue weighted by molar-refractivity contribution is 0.114. The molecule has 0 unspecified atom stereocenters. The summed E-state index contributed by atoms with van der Waals surface area (Å²) in [5.41, 5.74) is 3.12. The Hall–Kier alpha value is -1.54. The lowest BCUT2D eigenvalue weighted by Crippen LogP contribution is -2.43. The molecular weight excluding hydrogens is 414 g/mol. The van der Waals surface area contributed by atoms with Crippen molar-refractivity contribution in [2.45, 2.75) is 69.7 Å². The van der Waals surface area contributed by atoms with Crippen molar-refractivity contribution in [1.29, 1.82) is 0 Å². The van der Waals surface area contributed by atoms with E-state index in [1.54, 1.807) is 30.5 Å². The smallest absolute Gasteiger partial charge is 0.296 e. The van der Waals surface area contributed by atoms with Gasteiger partial charge in [0.05, 0.1) is 23.3 Å². The molecule has 0 fully saturated rings. The number of aromatic nitrogens is 1. The summed E-state index contributed by atoms with van der Waals surface area (Å²) in [6.45, 7) is 13.2. The van der Waals surface area contributed by atoms with Gasteiger partial charge in [0.25, 0.3) is 10.1 Å². The molecule has 0 N–H and O–H groups in total. The summed E-state index contributed by atoms with van der Waals surface area (Å²) >= 11 is 0. The van der Waals surface area contributed by atoms with Crippen molar-refractivity contribution in [3.05, 3.63) is 59.4 Å². The Morgan fingerprint density at radius 2 is 1.80 bits per heavy atom. The van der Waals surface area contributed by atoms with E-state index in [-0.39, 0.29) is 28.6 Å². The van der Waals surface area contributed by atoms with E-state index in [2.05, 4.69) is 44.9 Å². The second-order valence-electron chi connectivity index (χ2n) is 9.77. The predicted octanol–water partition coefficient (Wildman–Crippen LogP) is 5.42. The third kappa shape index (κ3) is 5.19. The lowest BCUT2D eigenvalue weighted by Gasteiger charge is -2.41. The minimum Gasteiger partial charge on any atom is -0.408 e. The van der Waals surface area contributed by atoms with Crippen molar-refractivity contribution in [1.82, 2.24) is 4.98 Å². The van der Waals surface area contributed by atoms with Crippen LogP contribution in [0, 0.1) is 12.8 Å². The van der Waals surface area contributed by atoms with Gasteiger partial charge in [-0.2, -0.15) is 8.42 Å². The number of rotatable bonds is 6. The van der Waals surface area contributed by atoms with Gasteiger partial charge in [-0.05, 0) is 67.6 Å². The van der Waals surface area contributed by atoms with E-state index >= 15 is 0 Å². The zero-order valence-electron chi connectivity index (χ0n) is 18.8. The first-order chi connectivity index (χ1) is 13.9. The molecule has 0 saturated carbocycles. The van der Waals surface area contributed by atoms with Crippen molar-refractivity contribution in [2.75, 3.05) is 6.61 Å². The molecule has 3 rings (SSSR count). The van der Waals surface area contributed by atoms with Crippen LogP contribution >= 0.6 is 0 Å².